The molecule has 1 aromatic rings. The number of amides is 1. The zero-order valence-corrected chi connectivity index (χ0v) is 17.7. The Morgan fingerprint density at radius 2 is 1.77 bits per heavy atom. The molecule has 2 unspecified atom stereocenters. The molecular formula is C20H26N2O7S. The summed E-state index contributed by atoms with van der Waals surface area (Å²) in [4.78, 5) is 26.9. The molecule has 2 saturated heterocycles. The Morgan fingerprint density at radius 1 is 1.07 bits per heavy atom. The molecule has 1 aromatic carbocycles. The average Bonchev–Trinajstić information content (AvgIpc) is 3.45. The monoisotopic (exact) mass is 438 g/mol. The summed E-state index contributed by atoms with van der Waals surface area (Å²) in [6.07, 6.45) is 1.84. The summed E-state index contributed by atoms with van der Waals surface area (Å²) in [6, 6.07) is 3.48. The predicted molar refractivity (Wildman–Crippen MR) is 106 cm³/mol. The van der Waals surface area contributed by atoms with Crippen LogP contribution in [0.3, 0.4) is 0 Å². The molecule has 164 valence electrons. The normalized spacial score (nSPS) is 22.7. The van der Waals surface area contributed by atoms with Gasteiger partial charge in [0.25, 0.3) is 5.91 Å². The molecule has 9 nitrogen and oxygen atoms in total. The Hall–Kier alpha value is -2.33. The van der Waals surface area contributed by atoms with E-state index in [-0.39, 0.29) is 17.3 Å². The summed E-state index contributed by atoms with van der Waals surface area (Å²) in [5.41, 5.74) is 0. The zero-order valence-electron chi connectivity index (χ0n) is 16.9. The summed E-state index contributed by atoms with van der Waals surface area (Å²) in [5.74, 6) is -0.0638. The number of sulfonamides is 1. The van der Waals surface area contributed by atoms with E-state index in [4.69, 9.17) is 14.2 Å². The molecule has 3 heterocycles. The van der Waals surface area contributed by atoms with Crippen molar-refractivity contribution in [2.24, 2.45) is 0 Å². The quantitative estimate of drug-likeness (QED) is 0.636. The third-order valence-electron chi connectivity index (χ3n) is 5.65. The van der Waals surface area contributed by atoms with E-state index in [9.17, 15) is 18.0 Å². The van der Waals surface area contributed by atoms with E-state index in [0.717, 1.165) is 17.1 Å². The van der Waals surface area contributed by atoms with Crippen LogP contribution in [-0.2, 0) is 24.3 Å². The number of ether oxygens (including phenoxy) is 3. The van der Waals surface area contributed by atoms with Crippen LogP contribution in [0, 0.1) is 0 Å². The number of fused-ring (bicyclic) bond motifs is 1. The number of hydrogen-bond acceptors (Lipinski definition) is 7. The first-order chi connectivity index (χ1) is 14.4. The van der Waals surface area contributed by atoms with Crippen LogP contribution in [0.4, 0.5) is 0 Å². The van der Waals surface area contributed by atoms with Gasteiger partial charge < -0.3 is 19.1 Å². The highest BCUT2D eigenvalue weighted by molar-refractivity contribution is 7.89. The molecule has 1 amide bonds. The van der Waals surface area contributed by atoms with Gasteiger partial charge in [0.05, 0.1) is 4.90 Å². The highest BCUT2D eigenvalue weighted by atomic mass is 32.2. The van der Waals surface area contributed by atoms with Crippen molar-refractivity contribution in [3.8, 4) is 11.5 Å². The molecule has 0 saturated carbocycles. The van der Waals surface area contributed by atoms with Crippen molar-refractivity contribution in [2.75, 3.05) is 32.8 Å². The fraction of sp³-hybridized carbons (Fsp3) is 0.600. The molecule has 10 heteroatoms. The van der Waals surface area contributed by atoms with Crippen LogP contribution in [0.15, 0.2) is 23.1 Å². The lowest BCUT2D eigenvalue weighted by Gasteiger charge is -2.26. The topological polar surface area (TPSA) is 102 Å². The molecule has 30 heavy (non-hydrogen) atoms. The van der Waals surface area contributed by atoms with Gasteiger partial charge in [0.1, 0.15) is 19.3 Å². The first kappa shape index (κ1) is 20.9. The minimum absolute atomic E-state index is 0.0349. The summed E-state index contributed by atoms with van der Waals surface area (Å²) in [6.45, 7) is 3.83. The number of esters is 1. The van der Waals surface area contributed by atoms with Gasteiger partial charge in [0.15, 0.2) is 17.6 Å². The van der Waals surface area contributed by atoms with Gasteiger partial charge in [-0.1, -0.05) is 0 Å². The van der Waals surface area contributed by atoms with E-state index >= 15 is 0 Å². The maximum absolute atomic E-state index is 13.2. The van der Waals surface area contributed by atoms with Gasteiger partial charge in [-0.3, -0.25) is 9.59 Å². The number of likely N-dealkylation sites (tertiary alicyclic amines) is 1. The van der Waals surface area contributed by atoms with Crippen LogP contribution in [-0.4, -0.2) is 74.5 Å². The number of carbonyl (C=O) groups excluding carboxylic acids is 2. The van der Waals surface area contributed by atoms with Crippen LogP contribution in [0.25, 0.3) is 0 Å². The van der Waals surface area contributed by atoms with Crippen molar-refractivity contribution in [2.45, 2.75) is 49.6 Å². The molecule has 4 rings (SSSR count). The van der Waals surface area contributed by atoms with E-state index < -0.39 is 28.1 Å². The Bertz CT molecular complexity index is 927. The third-order valence-corrected chi connectivity index (χ3v) is 7.56. The average molecular weight is 439 g/mol. The van der Waals surface area contributed by atoms with E-state index in [2.05, 4.69) is 0 Å². The van der Waals surface area contributed by atoms with Crippen molar-refractivity contribution in [3.05, 3.63) is 18.2 Å². The number of carbonyl (C=O) groups is 2. The summed E-state index contributed by atoms with van der Waals surface area (Å²) in [7, 11) is -3.94. The summed E-state index contributed by atoms with van der Waals surface area (Å²) < 4.78 is 43.9. The van der Waals surface area contributed by atoms with Crippen molar-refractivity contribution in [1.29, 1.82) is 0 Å². The minimum Gasteiger partial charge on any atom is -0.486 e. The Morgan fingerprint density at radius 3 is 2.50 bits per heavy atom. The Balaban J connectivity index is 1.48. The van der Waals surface area contributed by atoms with Gasteiger partial charge >= 0.3 is 5.97 Å². The molecule has 0 aromatic heterocycles. The number of nitrogens with zero attached hydrogens (tertiary/aromatic N) is 2. The molecule has 3 aliphatic heterocycles. The van der Waals surface area contributed by atoms with Gasteiger partial charge in [0, 0.05) is 25.7 Å². The van der Waals surface area contributed by atoms with Crippen LogP contribution in [0.5, 0.6) is 11.5 Å². The fourth-order valence-corrected chi connectivity index (χ4v) is 5.74. The Labute approximate surface area is 175 Å². The van der Waals surface area contributed by atoms with Gasteiger partial charge in [-0.05, 0) is 44.7 Å². The number of rotatable bonds is 5. The molecule has 3 aliphatic rings. The first-order valence-corrected chi connectivity index (χ1v) is 11.7. The van der Waals surface area contributed by atoms with Gasteiger partial charge in [-0.25, -0.2) is 8.42 Å². The summed E-state index contributed by atoms with van der Waals surface area (Å²) >= 11 is 0. The maximum Gasteiger partial charge on any atom is 0.325 e. The van der Waals surface area contributed by atoms with Gasteiger partial charge in [-0.15, -0.1) is 0 Å². The van der Waals surface area contributed by atoms with Gasteiger partial charge in [0.2, 0.25) is 10.0 Å². The fourth-order valence-electron chi connectivity index (χ4n) is 4.08. The van der Waals surface area contributed by atoms with Crippen LogP contribution in [0.1, 0.15) is 32.6 Å². The molecule has 2 fully saturated rings. The predicted octanol–water partition coefficient (Wildman–Crippen LogP) is 1.16. The minimum atomic E-state index is -3.94. The standard InChI is InChI=1S/C20H26N2O7S/c1-14(19(23)21-8-2-3-9-21)29-20(24)16-5-4-10-22(16)30(25,26)15-6-7-17-18(13-15)28-12-11-27-17/h6-7,13-14,16H,2-5,8-12H2,1H3. The largest absolute Gasteiger partial charge is 0.486 e. The van der Waals surface area contributed by atoms with Crippen molar-refractivity contribution < 1.29 is 32.2 Å². The molecule has 0 bridgehead atoms. The lowest BCUT2D eigenvalue weighted by molar-refractivity contribution is -0.161. The zero-order chi connectivity index (χ0) is 21.3. The lowest BCUT2D eigenvalue weighted by atomic mass is 10.2. The van der Waals surface area contributed by atoms with Crippen LogP contribution in [0.2, 0.25) is 0 Å². The summed E-state index contributed by atoms with van der Waals surface area (Å²) in [5, 5.41) is 0. The van der Waals surface area contributed by atoms with Crippen molar-refractivity contribution >= 4 is 21.9 Å². The highest BCUT2D eigenvalue weighted by Crippen LogP contribution is 2.35. The van der Waals surface area contributed by atoms with E-state index in [1.807, 2.05) is 0 Å². The second-order valence-electron chi connectivity index (χ2n) is 7.69. The third kappa shape index (κ3) is 3.98. The van der Waals surface area contributed by atoms with Crippen molar-refractivity contribution in [1.82, 2.24) is 9.21 Å². The lowest BCUT2D eigenvalue weighted by Crippen LogP contribution is -2.45. The van der Waals surface area contributed by atoms with Crippen LogP contribution >= 0.6 is 0 Å². The molecule has 0 N–H and O–H groups in total. The highest BCUT2D eigenvalue weighted by Gasteiger charge is 2.42. The Kier molecular flexibility index (Phi) is 5.88. The maximum atomic E-state index is 13.2. The second-order valence-corrected chi connectivity index (χ2v) is 9.58. The van der Waals surface area contributed by atoms with Crippen LogP contribution < -0.4 is 9.47 Å². The van der Waals surface area contributed by atoms with E-state index in [0.29, 0.717) is 50.6 Å². The number of hydrogen-bond donors (Lipinski definition) is 0. The molecule has 0 spiro atoms. The smallest absolute Gasteiger partial charge is 0.325 e. The SMILES string of the molecule is CC(OC(=O)C1CCCN1S(=O)(=O)c1ccc2c(c1)OCCO2)C(=O)N1CCCC1. The van der Waals surface area contributed by atoms with E-state index in [1.54, 1.807) is 11.0 Å². The van der Waals surface area contributed by atoms with E-state index in [1.165, 1.54) is 19.1 Å². The molecule has 0 aliphatic carbocycles. The first-order valence-electron chi connectivity index (χ1n) is 10.3. The molecule has 0 radical (unpaired) electrons. The molecular weight excluding hydrogens is 412 g/mol. The second kappa shape index (κ2) is 8.43. The number of benzene rings is 1. The molecule has 2 atom stereocenters. The van der Waals surface area contributed by atoms with Crippen molar-refractivity contribution in [3.63, 3.8) is 0 Å². The van der Waals surface area contributed by atoms with Gasteiger partial charge in [-0.2, -0.15) is 4.31 Å².